The first kappa shape index (κ1) is 23.6. The fourth-order valence-electron chi connectivity index (χ4n) is 3.86. The first-order valence-electron chi connectivity index (χ1n) is 11.4. The molecule has 1 aromatic heterocycles. The molecule has 2 heterocycles. The molecule has 1 fully saturated rings. The molecule has 0 bridgehead atoms. The Labute approximate surface area is 202 Å². The van der Waals surface area contributed by atoms with Crippen LogP contribution in [0.3, 0.4) is 0 Å². The van der Waals surface area contributed by atoms with Gasteiger partial charge in [0.05, 0.1) is 18.2 Å². The van der Waals surface area contributed by atoms with Gasteiger partial charge in [0.1, 0.15) is 16.5 Å². The van der Waals surface area contributed by atoms with Crippen molar-refractivity contribution in [1.82, 2.24) is 10.2 Å². The number of anilines is 1. The number of carbonyl (C=O) groups excluding carboxylic acids is 2. The largest absolute Gasteiger partial charge is 0.507 e. The van der Waals surface area contributed by atoms with Crippen molar-refractivity contribution in [2.24, 2.45) is 0 Å². The Hall–Kier alpha value is -3.52. The van der Waals surface area contributed by atoms with Gasteiger partial charge < -0.3 is 9.84 Å². The maximum atomic E-state index is 13.2. The van der Waals surface area contributed by atoms with Crippen molar-refractivity contribution in [3.63, 3.8) is 0 Å². The van der Waals surface area contributed by atoms with Crippen LogP contribution < -0.4 is 9.64 Å². The van der Waals surface area contributed by atoms with Gasteiger partial charge in [-0.3, -0.25) is 14.5 Å². The summed E-state index contributed by atoms with van der Waals surface area (Å²) in [5, 5.41) is 20.3. The number of hydrogen-bond donors (Lipinski definition) is 1. The molecule has 0 spiro atoms. The van der Waals surface area contributed by atoms with Gasteiger partial charge in [-0.25, -0.2) is 0 Å². The molecule has 1 amide bonds. The van der Waals surface area contributed by atoms with E-state index in [1.54, 1.807) is 31.2 Å². The van der Waals surface area contributed by atoms with E-state index in [9.17, 15) is 14.7 Å². The maximum absolute atomic E-state index is 13.2. The van der Waals surface area contributed by atoms with Gasteiger partial charge in [-0.2, -0.15) is 0 Å². The summed E-state index contributed by atoms with van der Waals surface area (Å²) in [6.07, 6.45) is 2.85. The number of ether oxygens (including phenoxy) is 1. The maximum Gasteiger partial charge on any atom is 0.301 e. The van der Waals surface area contributed by atoms with Gasteiger partial charge in [-0.15, -0.1) is 10.2 Å². The molecule has 2 aromatic carbocycles. The van der Waals surface area contributed by atoms with Crippen LogP contribution in [-0.4, -0.2) is 33.6 Å². The number of benzene rings is 2. The van der Waals surface area contributed by atoms with Crippen LogP contribution in [0, 0.1) is 6.92 Å². The number of nitrogens with zero attached hydrogens (tertiary/aromatic N) is 3. The van der Waals surface area contributed by atoms with Crippen LogP contribution in [0.25, 0.3) is 5.76 Å². The van der Waals surface area contributed by atoms with E-state index in [2.05, 4.69) is 24.0 Å². The quantitative estimate of drug-likeness (QED) is 0.207. The van der Waals surface area contributed by atoms with Gasteiger partial charge in [0, 0.05) is 5.56 Å². The lowest BCUT2D eigenvalue weighted by Crippen LogP contribution is -2.29. The second-order valence-corrected chi connectivity index (χ2v) is 9.25. The zero-order valence-electron chi connectivity index (χ0n) is 19.4. The van der Waals surface area contributed by atoms with Crippen LogP contribution >= 0.6 is 11.3 Å². The van der Waals surface area contributed by atoms with Gasteiger partial charge in [-0.05, 0) is 55.2 Å². The number of aryl methyl sites for hydroxylation is 2. The zero-order valence-corrected chi connectivity index (χ0v) is 20.3. The first-order chi connectivity index (χ1) is 16.4. The highest BCUT2D eigenvalue weighted by atomic mass is 32.1. The van der Waals surface area contributed by atoms with Crippen LogP contribution in [0.4, 0.5) is 5.13 Å². The molecule has 3 aromatic rings. The minimum absolute atomic E-state index is 0.0294. The summed E-state index contributed by atoms with van der Waals surface area (Å²) in [7, 11) is 0. The van der Waals surface area contributed by atoms with Gasteiger partial charge in [-0.1, -0.05) is 55.9 Å². The van der Waals surface area contributed by atoms with Crippen LogP contribution in [0.15, 0.2) is 54.1 Å². The fourth-order valence-corrected chi connectivity index (χ4v) is 4.58. The molecule has 1 N–H and O–H groups in total. The van der Waals surface area contributed by atoms with Crippen LogP contribution in [-0.2, 0) is 16.0 Å². The monoisotopic (exact) mass is 477 g/mol. The average Bonchev–Trinajstić information content (AvgIpc) is 3.39. The third-order valence-corrected chi connectivity index (χ3v) is 6.60. The predicted molar refractivity (Wildman–Crippen MR) is 132 cm³/mol. The fraction of sp³-hybridized carbons (Fsp3) is 0.308. The molecule has 1 saturated heterocycles. The number of unbranched alkanes of at least 4 members (excludes halogenated alkanes) is 1. The highest BCUT2D eigenvalue weighted by Crippen LogP contribution is 2.43. The Morgan fingerprint density at radius 1 is 1.06 bits per heavy atom. The number of aromatic nitrogens is 2. The van der Waals surface area contributed by atoms with E-state index in [1.165, 1.54) is 16.2 Å². The van der Waals surface area contributed by atoms with E-state index < -0.39 is 17.7 Å². The third-order valence-electron chi connectivity index (χ3n) is 5.76. The summed E-state index contributed by atoms with van der Waals surface area (Å²) in [6, 6.07) is 13.8. The molecule has 34 heavy (non-hydrogen) atoms. The molecule has 1 aliphatic heterocycles. The number of aliphatic hydroxyl groups is 1. The Morgan fingerprint density at radius 3 is 2.35 bits per heavy atom. The molecule has 0 saturated carbocycles. The summed E-state index contributed by atoms with van der Waals surface area (Å²) >= 11 is 1.23. The highest BCUT2D eigenvalue weighted by molar-refractivity contribution is 7.15. The molecule has 1 atom stereocenters. The lowest BCUT2D eigenvalue weighted by atomic mass is 9.94. The number of rotatable bonds is 8. The van der Waals surface area contributed by atoms with Gasteiger partial charge in [0.2, 0.25) is 5.13 Å². The molecule has 0 radical (unpaired) electrons. The average molecular weight is 478 g/mol. The van der Waals surface area contributed by atoms with Crippen LogP contribution in [0.1, 0.15) is 54.4 Å². The molecule has 8 heteroatoms. The van der Waals surface area contributed by atoms with Crippen molar-refractivity contribution in [1.29, 1.82) is 0 Å². The Kier molecular flexibility index (Phi) is 7.07. The van der Waals surface area contributed by atoms with E-state index in [4.69, 9.17) is 4.74 Å². The molecular formula is C26H27N3O4S. The van der Waals surface area contributed by atoms with Gasteiger partial charge in [0.15, 0.2) is 0 Å². The van der Waals surface area contributed by atoms with Gasteiger partial charge >= 0.3 is 5.91 Å². The predicted octanol–water partition coefficient (Wildman–Crippen LogP) is 5.21. The first-order valence-corrected chi connectivity index (χ1v) is 12.2. The Balaban J connectivity index is 1.78. The lowest BCUT2D eigenvalue weighted by molar-refractivity contribution is -0.132. The number of hydrogen-bond acceptors (Lipinski definition) is 7. The number of amides is 1. The van der Waals surface area contributed by atoms with E-state index in [0.717, 1.165) is 24.8 Å². The number of ketones is 1. The van der Waals surface area contributed by atoms with Crippen LogP contribution in [0.5, 0.6) is 5.75 Å². The van der Waals surface area contributed by atoms with Crippen molar-refractivity contribution in [2.45, 2.75) is 46.1 Å². The number of carbonyl (C=O) groups is 2. The van der Waals surface area contributed by atoms with Gasteiger partial charge in [0.25, 0.3) is 5.78 Å². The summed E-state index contributed by atoms with van der Waals surface area (Å²) in [4.78, 5) is 27.6. The summed E-state index contributed by atoms with van der Waals surface area (Å²) in [6.45, 7) is 6.55. The van der Waals surface area contributed by atoms with Crippen molar-refractivity contribution in [3.8, 4) is 5.75 Å². The number of aliphatic hydroxyl groups excluding tert-OH is 1. The van der Waals surface area contributed by atoms with E-state index >= 15 is 0 Å². The highest BCUT2D eigenvalue weighted by Gasteiger charge is 2.48. The molecule has 7 nitrogen and oxygen atoms in total. The summed E-state index contributed by atoms with van der Waals surface area (Å²) in [5.74, 6) is -1.03. The zero-order chi connectivity index (χ0) is 24.2. The standard InChI is InChI=1S/C26H27N3O4S/c1-4-6-15-33-20-13-11-19(12-14-20)23(30)21-22(18-9-7-17(5-2)8-10-18)29(25(32)24(21)31)26-28-27-16(3)34-26/h7-14,22,30H,4-6,15H2,1-3H3. The summed E-state index contributed by atoms with van der Waals surface area (Å²) < 4.78 is 5.69. The molecule has 4 rings (SSSR count). The van der Waals surface area contributed by atoms with Crippen molar-refractivity contribution < 1.29 is 19.4 Å². The molecule has 0 aliphatic carbocycles. The van der Waals surface area contributed by atoms with Crippen LogP contribution in [0.2, 0.25) is 0 Å². The lowest BCUT2D eigenvalue weighted by Gasteiger charge is -2.22. The minimum Gasteiger partial charge on any atom is -0.507 e. The topological polar surface area (TPSA) is 92.6 Å². The molecule has 1 aliphatic rings. The Morgan fingerprint density at radius 2 is 1.76 bits per heavy atom. The smallest absolute Gasteiger partial charge is 0.301 e. The SMILES string of the molecule is CCCCOc1ccc(C(O)=C2C(=O)C(=O)N(c3nnc(C)s3)C2c2ccc(CC)cc2)cc1. The van der Waals surface area contributed by atoms with Crippen molar-refractivity contribution in [3.05, 3.63) is 75.8 Å². The van der Waals surface area contributed by atoms with Crippen molar-refractivity contribution in [2.75, 3.05) is 11.5 Å². The van der Waals surface area contributed by atoms with E-state index in [-0.39, 0.29) is 11.3 Å². The van der Waals surface area contributed by atoms with E-state index in [1.807, 2.05) is 24.3 Å². The molecule has 176 valence electrons. The number of Topliss-reactive ketones (excluding diaryl/α,β-unsaturated/α-hetero) is 1. The second-order valence-electron chi connectivity index (χ2n) is 8.09. The minimum atomic E-state index is -0.807. The normalized spacial score (nSPS) is 17.4. The second kappa shape index (κ2) is 10.2. The molecular weight excluding hydrogens is 450 g/mol. The molecule has 1 unspecified atom stereocenters. The Bertz CT molecular complexity index is 1220. The third kappa shape index (κ3) is 4.59. The van der Waals surface area contributed by atoms with E-state index in [0.29, 0.717) is 33.6 Å². The summed E-state index contributed by atoms with van der Waals surface area (Å²) in [5.41, 5.74) is 2.31. The van der Waals surface area contributed by atoms with Crippen molar-refractivity contribution >= 4 is 33.9 Å².